The van der Waals surface area contributed by atoms with E-state index in [4.69, 9.17) is 15.9 Å². The zero-order chi connectivity index (χ0) is 29.3. The lowest BCUT2D eigenvalue weighted by Crippen LogP contribution is -2.70. The Hall–Kier alpha value is -3.08. The van der Waals surface area contributed by atoms with Gasteiger partial charge in [0.25, 0.3) is 5.91 Å². The monoisotopic (exact) mass is 608 g/mol. The number of phenolic OH excluding ortho intramolecular Hbond substituents is 1. The minimum absolute atomic E-state index is 0. The summed E-state index contributed by atoms with van der Waals surface area (Å²) in [4.78, 5) is 40.0. The molecule has 0 bridgehead atoms. The van der Waals surface area contributed by atoms with Crippen LogP contribution in [0, 0.1) is 11.8 Å². The van der Waals surface area contributed by atoms with Crippen molar-refractivity contribution in [2.75, 3.05) is 27.3 Å². The summed E-state index contributed by atoms with van der Waals surface area (Å²) < 4.78 is 0. The number of phenols is 1. The number of hydrogen-bond acceptors (Lipinski definition) is 11. The second kappa shape index (κ2) is 15.2. The van der Waals surface area contributed by atoms with Crippen molar-refractivity contribution in [2.45, 2.75) is 44.4 Å². The number of fused-ring (bicyclic) bond motifs is 3. The van der Waals surface area contributed by atoms with Crippen molar-refractivity contribution < 1.29 is 61.1 Å². The van der Waals surface area contributed by atoms with E-state index < -0.39 is 75.6 Å². The lowest BCUT2D eigenvalue weighted by molar-refractivity contribution is -0.169. The Balaban J connectivity index is 0. The number of nitrogens with two attached hydrogens (primary N) is 1. The molecule has 1 fully saturated rings. The van der Waals surface area contributed by atoms with Crippen molar-refractivity contribution in [2.24, 2.45) is 17.6 Å². The van der Waals surface area contributed by atoms with E-state index in [1.54, 1.807) is 32.9 Å². The number of hydrogen-bond donors (Lipinski definition) is 8. The molecule has 6 atom stereocenters. The number of aromatic hydroxyl groups is 1. The first-order valence-corrected chi connectivity index (χ1v) is 12.1. The van der Waals surface area contributed by atoms with Crippen LogP contribution in [0.15, 0.2) is 35.1 Å². The van der Waals surface area contributed by atoms with Crippen LogP contribution in [0.3, 0.4) is 0 Å². The first-order valence-electron chi connectivity index (χ1n) is 12.1. The topological polar surface area (TPSA) is 285 Å². The number of aliphatic hydroxyl groups is 6. The van der Waals surface area contributed by atoms with E-state index in [1.165, 1.54) is 25.1 Å². The Morgan fingerprint density at radius 2 is 1.54 bits per heavy atom. The zero-order valence-corrected chi connectivity index (χ0v) is 24.1. The zero-order valence-electron chi connectivity index (χ0n) is 23.3. The molecule has 1 aromatic rings. The molecule has 0 aliphatic heterocycles. The van der Waals surface area contributed by atoms with E-state index in [0.717, 1.165) is 0 Å². The summed E-state index contributed by atoms with van der Waals surface area (Å²) in [5.41, 5.74) is 1.47. The van der Waals surface area contributed by atoms with Gasteiger partial charge in [-0.15, -0.1) is 12.4 Å². The van der Waals surface area contributed by atoms with Crippen LogP contribution in [-0.4, -0.2) is 114 Å². The highest BCUT2D eigenvalue weighted by Crippen LogP contribution is 2.55. The third-order valence-electron chi connectivity index (χ3n) is 6.99. The first-order chi connectivity index (χ1) is 17.7. The molecule has 0 heterocycles. The van der Waals surface area contributed by atoms with Crippen molar-refractivity contribution in [1.29, 1.82) is 0 Å². The number of benzene rings is 1. The summed E-state index contributed by atoms with van der Waals surface area (Å²) in [5.74, 6) is -8.87. The van der Waals surface area contributed by atoms with Crippen LogP contribution in [-0.2, 0) is 14.4 Å². The van der Waals surface area contributed by atoms with E-state index in [9.17, 15) is 39.9 Å². The maximum atomic E-state index is 13.7. The molecule has 0 unspecified atom stereocenters. The van der Waals surface area contributed by atoms with Gasteiger partial charge in [0.1, 0.15) is 22.8 Å². The Morgan fingerprint density at radius 1 is 1.05 bits per heavy atom. The number of rotatable bonds is 2. The predicted octanol–water partition coefficient (Wildman–Crippen LogP) is -1.73. The van der Waals surface area contributed by atoms with Crippen LogP contribution >= 0.6 is 12.4 Å². The molecule has 1 saturated carbocycles. The molecule has 0 aromatic heterocycles. The molecule has 13 N–H and O–H groups in total. The fraction of sp³-hybridized carbons (Fsp3) is 0.500. The summed E-state index contributed by atoms with van der Waals surface area (Å²) >= 11 is 0. The minimum atomic E-state index is -2.89. The molecule has 0 saturated heterocycles. The summed E-state index contributed by atoms with van der Waals surface area (Å²) in [7, 11) is 2.92. The normalized spacial score (nSPS) is 27.7. The summed E-state index contributed by atoms with van der Waals surface area (Å²) in [6.45, 7) is 5.54. The Kier molecular flexibility index (Phi) is 14.9. The quantitative estimate of drug-likeness (QED) is 0.174. The average molecular weight is 609 g/mol. The Morgan fingerprint density at radius 3 is 1.98 bits per heavy atom. The molecule has 3 aliphatic rings. The number of amides is 1. The number of ketones is 2. The maximum Gasteiger partial charge on any atom is 0.255 e. The number of Topliss-reactive ketones (excluding diaryl/α,β-unsaturated/α-hetero) is 2. The van der Waals surface area contributed by atoms with Gasteiger partial charge in [0.2, 0.25) is 5.78 Å². The number of aliphatic hydroxyl groups excluding tert-OH is 5. The molecule has 0 spiro atoms. The average Bonchev–Trinajstić information content (AvgIpc) is 2.82. The molecule has 4 rings (SSSR count). The van der Waals surface area contributed by atoms with Crippen molar-refractivity contribution in [3.63, 3.8) is 0 Å². The summed E-state index contributed by atoms with van der Waals surface area (Å²) in [6.07, 6.45) is -1.59. The van der Waals surface area contributed by atoms with Gasteiger partial charge < -0.3 is 52.4 Å². The van der Waals surface area contributed by atoms with Gasteiger partial charge in [-0.3, -0.25) is 19.3 Å². The highest BCUT2D eigenvalue weighted by atomic mass is 35.5. The smallest absolute Gasteiger partial charge is 0.255 e. The summed E-state index contributed by atoms with van der Waals surface area (Å²) in [5, 5.41) is 70.0. The first kappa shape index (κ1) is 40.1. The predicted molar refractivity (Wildman–Crippen MR) is 150 cm³/mol. The fourth-order valence-corrected chi connectivity index (χ4v) is 5.58. The number of carbonyl (C=O) groups is 3. The van der Waals surface area contributed by atoms with Gasteiger partial charge >= 0.3 is 0 Å². The number of nitrogens with zero attached hydrogens (tertiary/aromatic N) is 1. The highest BCUT2D eigenvalue weighted by Gasteiger charge is 2.68. The maximum absolute atomic E-state index is 13.7. The fourth-order valence-electron chi connectivity index (χ4n) is 5.58. The lowest BCUT2D eigenvalue weighted by Gasteiger charge is -2.53. The van der Waals surface area contributed by atoms with Crippen molar-refractivity contribution in [3.8, 4) is 5.75 Å². The van der Waals surface area contributed by atoms with Gasteiger partial charge in [-0.2, -0.15) is 0 Å². The molecule has 1 aromatic carbocycles. The van der Waals surface area contributed by atoms with E-state index >= 15 is 0 Å². The van der Waals surface area contributed by atoms with Gasteiger partial charge in [0.15, 0.2) is 11.4 Å². The van der Waals surface area contributed by atoms with Crippen LogP contribution in [0.25, 0.3) is 5.76 Å². The number of halogens is 1. The molecule has 0 radical (unpaired) electrons. The number of primary amides is 1. The SMILES string of the molecule is CCO.CCO.C[C@H]1c2cccc(O)c2C(O)=C2C(=O)[C@]3(O)C(O)=C(C(N)=O)C(=O)[C@@H](N(C)C)[C@@H]3[C@@H](O)[C@@H]21.Cl.O.O. The minimum Gasteiger partial charge on any atom is -0.508 e. The number of likely N-dealkylation sites (N-methyl/N-ethyl adjacent to an activating group) is 1. The lowest BCUT2D eigenvalue weighted by atomic mass is 9.54. The Bertz CT molecular complexity index is 1180. The number of carbonyl (C=O) groups excluding carboxylic acids is 3. The second-order valence-electron chi connectivity index (χ2n) is 9.42. The van der Waals surface area contributed by atoms with E-state index in [1.807, 2.05) is 0 Å². The van der Waals surface area contributed by atoms with E-state index in [2.05, 4.69) is 0 Å². The summed E-state index contributed by atoms with van der Waals surface area (Å²) in [6, 6.07) is 3.13. The van der Waals surface area contributed by atoms with Gasteiger partial charge in [-0.05, 0) is 45.5 Å². The molecule has 15 heteroatoms. The van der Waals surface area contributed by atoms with Crippen LogP contribution in [0.5, 0.6) is 5.75 Å². The van der Waals surface area contributed by atoms with Gasteiger partial charge in [0, 0.05) is 24.7 Å². The van der Waals surface area contributed by atoms with Crippen molar-refractivity contribution >= 4 is 35.6 Å². The molecular formula is C26H41ClN2O12. The second-order valence-corrected chi connectivity index (χ2v) is 9.42. The van der Waals surface area contributed by atoms with Gasteiger partial charge in [-0.1, -0.05) is 19.1 Å². The van der Waals surface area contributed by atoms with Gasteiger partial charge in [0.05, 0.1) is 23.6 Å². The van der Waals surface area contributed by atoms with Crippen LogP contribution in [0.4, 0.5) is 0 Å². The van der Waals surface area contributed by atoms with E-state index in [-0.39, 0.29) is 47.9 Å². The van der Waals surface area contributed by atoms with Crippen molar-refractivity contribution in [1.82, 2.24) is 4.90 Å². The third kappa shape index (κ3) is 6.24. The molecule has 1 amide bonds. The van der Waals surface area contributed by atoms with Crippen LogP contribution in [0.1, 0.15) is 37.8 Å². The third-order valence-corrected chi connectivity index (χ3v) is 6.99. The molecule has 14 nitrogen and oxygen atoms in total. The van der Waals surface area contributed by atoms with Crippen LogP contribution < -0.4 is 5.73 Å². The van der Waals surface area contributed by atoms with Crippen molar-refractivity contribution in [3.05, 3.63) is 46.2 Å². The highest BCUT2D eigenvalue weighted by molar-refractivity contribution is 6.24. The van der Waals surface area contributed by atoms with Crippen LogP contribution in [0.2, 0.25) is 0 Å². The molecule has 41 heavy (non-hydrogen) atoms. The molecular weight excluding hydrogens is 568 g/mol. The van der Waals surface area contributed by atoms with Gasteiger partial charge in [-0.25, -0.2) is 0 Å². The molecule has 3 aliphatic carbocycles. The van der Waals surface area contributed by atoms with E-state index in [0.29, 0.717) is 5.56 Å². The largest absolute Gasteiger partial charge is 0.508 e. The standard InChI is InChI=1S/C22H24N2O8.2C2H6O.ClH.2H2O/c1-7-8-5-4-6-9(25)11(8)16(26)12-10(7)17(27)14-15(24(2)3)18(28)13(21(23)31)20(30)22(14,32)19(12)29;2*1-2-3;;;/h4-7,10,14-15,17,25-27,30,32H,1-3H3,(H2,23,31);2*3H,2H2,1H3;1H;2*1H2/t7-,10+,14+,15-,17-,22-;;;;;/m0...../s1. The Labute approximate surface area is 243 Å². The molecule has 234 valence electrons.